The van der Waals surface area contributed by atoms with Crippen LogP contribution in [0.4, 0.5) is 18.0 Å². The standard InChI is InChI=1S/C26H31F3N4O6S/c1-32(16-18-6-8-19(9-7-18)24-31-13-14-33(24)25(35)36)23(34)5-3-4-12-30-17-40(37,38)22-11-10-20(39-2)15-21(22)26(27,28)29/h6-11,15,30H,3-5,12-14,16-17H2,1-2H3,(H,35,36). The van der Waals surface area contributed by atoms with Crippen molar-refractivity contribution >= 4 is 27.7 Å². The summed E-state index contributed by atoms with van der Waals surface area (Å²) >= 11 is 0. The van der Waals surface area contributed by atoms with E-state index in [1.807, 2.05) is 0 Å². The van der Waals surface area contributed by atoms with E-state index in [4.69, 9.17) is 4.74 Å². The third-order valence-corrected chi connectivity index (χ3v) is 7.85. The molecular formula is C26H31F3N4O6S. The number of carbonyl (C=O) groups excluding carboxylic acids is 1. The van der Waals surface area contributed by atoms with Crippen LogP contribution in [0.3, 0.4) is 0 Å². The minimum absolute atomic E-state index is 0.100. The lowest BCUT2D eigenvalue weighted by Crippen LogP contribution is -2.33. The lowest BCUT2D eigenvalue weighted by molar-refractivity contribution is -0.140. The number of nitrogens with one attached hydrogen (secondary N) is 1. The Kier molecular flexibility index (Phi) is 10.1. The van der Waals surface area contributed by atoms with Crippen molar-refractivity contribution in [1.82, 2.24) is 15.1 Å². The van der Waals surface area contributed by atoms with Gasteiger partial charge < -0.3 is 20.1 Å². The molecule has 218 valence electrons. The number of hydrogen-bond donors (Lipinski definition) is 2. The zero-order valence-corrected chi connectivity index (χ0v) is 22.9. The van der Waals surface area contributed by atoms with E-state index in [0.29, 0.717) is 49.9 Å². The molecule has 0 aliphatic carbocycles. The van der Waals surface area contributed by atoms with Crippen molar-refractivity contribution in [3.05, 3.63) is 59.2 Å². The Morgan fingerprint density at radius 3 is 2.48 bits per heavy atom. The summed E-state index contributed by atoms with van der Waals surface area (Å²) < 4.78 is 70.0. The van der Waals surface area contributed by atoms with Crippen molar-refractivity contribution in [2.24, 2.45) is 4.99 Å². The zero-order valence-electron chi connectivity index (χ0n) is 22.1. The van der Waals surface area contributed by atoms with Crippen LogP contribution in [0.15, 0.2) is 52.4 Å². The first-order valence-electron chi connectivity index (χ1n) is 12.4. The van der Waals surface area contributed by atoms with E-state index in [9.17, 15) is 36.3 Å². The first-order valence-corrected chi connectivity index (χ1v) is 14.1. The van der Waals surface area contributed by atoms with Crippen molar-refractivity contribution in [2.45, 2.75) is 36.9 Å². The van der Waals surface area contributed by atoms with Crippen molar-refractivity contribution < 1.29 is 41.0 Å². The van der Waals surface area contributed by atoms with E-state index < -0.39 is 38.4 Å². The Morgan fingerprint density at radius 1 is 1.15 bits per heavy atom. The summed E-state index contributed by atoms with van der Waals surface area (Å²) in [6, 6.07) is 9.83. The molecule has 0 fully saturated rings. The molecule has 3 rings (SSSR count). The molecular weight excluding hydrogens is 553 g/mol. The molecule has 0 spiro atoms. The van der Waals surface area contributed by atoms with Gasteiger partial charge in [0.2, 0.25) is 5.91 Å². The van der Waals surface area contributed by atoms with Crippen LogP contribution in [-0.4, -0.2) is 80.8 Å². The predicted molar refractivity (Wildman–Crippen MR) is 141 cm³/mol. The molecule has 2 N–H and O–H groups in total. The molecule has 1 heterocycles. The Hall–Kier alpha value is -3.65. The summed E-state index contributed by atoms with van der Waals surface area (Å²) in [5, 5.41) is 11.9. The maximum absolute atomic E-state index is 13.4. The van der Waals surface area contributed by atoms with Gasteiger partial charge in [0.1, 0.15) is 17.5 Å². The number of carboxylic acid groups (broad SMARTS) is 1. The van der Waals surface area contributed by atoms with E-state index in [1.165, 1.54) is 12.0 Å². The van der Waals surface area contributed by atoms with Gasteiger partial charge in [0, 0.05) is 25.6 Å². The van der Waals surface area contributed by atoms with E-state index in [1.54, 1.807) is 36.2 Å². The highest BCUT2D eigenvalue weighted by atomic mass is 32.2. The molecule has 1 aliphatic heterocycles. The molecule has 1 aliphatic rings. The van der Waals surface area contributed by atoms with E-state index in [0.717, 1.165) is 17.7 Å². The largest absolute Gasteiger partial charge is 0.497 e. The normalized spacial score (nSPS) is 13.7. The monoisotopic (exact) mass is 584 g/mol. The molecule has 0 unspecified atom stereocenters. The Bertz CT molecular complexity index is 1350. The summed E-state index contributed by atoms with van der Waals surface area (Å²) in [7, 11) is -1.42. The first kappa shape index (κ1) is 30.9. The number of amidine groups is 1. The Labute approximate surface area is 230 Å². The van der Waals surface area contributed by atoms with Gasteiger partial charge in [0.15, 0.2) is 9.84 Å². The van der Waals surface area contributed by atoms with Crippen LogP contribution in [0, 0.1) is 0 Å². The second-order valence-electron chi connectivity index (χ2n) is 9.16. The van der Waals surface area contributed by atoms with Gasteiger partial charge in [-0.3, -0.25) is 14.7 Å². The summed E-state index contributed by atoms with van der Waals surface area (Å²) in [4.78, 5) is 30.0. The average Bonchev–Trinajstić information content (AvgIpc) is 3.40. The number of ether oxygens (including phenoxy) is 1. The number of sulfone groups is 1. The van der Waals surface area contributed by atoms with Gasteiger partial charge in [-0.25, -0.2) is 13.2 Å². The van der Waals surface area contributed by atoms with Gasteiger partial charge in [-0.15, -0.1) is 0 Å². The number of methoxy groups -OCH3 is 1. The number of benzene rings is 2. The number of rotatable bonds is 12. The van der Waals surface area contributed by atoms with Crippen molar-refractivity contribution in [3.8, 4) is 5.75 Å². The number of alkyl halides is 3. The average molecular weight is 585 g/mol. The molecule has 0 bridgehead atoms. The summed E-state index contributed by atoms with van der Waals surface area (Å²) in [5.41, 5.74) is 0.240. The zero-order chi connectivity index (χ0) is 29.5. The fraction of sp³-hybridized carbons (Fsp3) is 0.423. The topological polar surface area (TPSA) is 129 Å². The van der Waals surface area contributed by atoms with Crippen molar-refractivity contribution in [2.75, 3.05) is 39.7 Å². The lowest BCUT2D eigenvalue weighted by atomic mass is 10.1. The predicted octanol–water partition coefficient (Wildman–Crippen LogP) is 3.60. The van der Waals surface area contributed by atoms with Crippen molar-refractivity contribution in [1.29, 1.82) is 0 Å². The second kappa shape index (κ2) is 13.1. The van der Waals surface area contributed by atoms with Crippen LogP contribution >= 0.6 is 0 Å². The smallest absolute Gasteiger partial charge is 0.417 e. The number of amides is 2. The lowest BCUT2D eigenvalue weighted by Gasteiger charge is -2.18. The Morgan fingerprint density at radius 2 is 1.85 bits per heavy atom. The number of carbonyl (C=O) groups is 2. The van der Waals surface area contributed by atoms with Gasteiger partial charge >= 0.3 is 12.3 Å². The highest BCUT2D eigenvalue weighted by molar-refractivity contribution is 7.91. The summed E-state index contributed by atoms with van der Waals surface area (Å²) in [6.45, 7) is 1.27. The summed E-state index contributed by atoms with van der Waals surface area (Å²) in [5.74, 6) is -0.503. The van der Waals surface area contributed by atoms with Gasteiger partial charge in [0.25, 0.3) is 0 Å². The molecule has 0 atom stereocenters. The fourth-order valence-corrected chi connectivity index (χ4v) is 5.49. The second-order valence-corrected chi connectivity index (χ2v) is 11.1. The molecule has 40 heavy (non-hydrogen) atoms. The fourth-order valence-electron chi connectivity index (χ4n) is 4.13. The number of hydrogen-bond acceptors (Lipinski definition) is 7. The molecule has 0 radical (unpaired) electrons. The molecule has 2 aromatic carbocycles. The van der Waals surface area contributed by atoms with Gasteiger partial charge in [0.05, 0.1) is 30.7 Å². The molecule has 0 saturated heterocycles. The maximum atomic E-state index is 13.4. The quantitative estimate of drug-likeness (QED) is 0.365. The van der Waals surface area contributed by atoms with Crippen LogP contribution in [0.1, 0.15) is 36.0 Å². The molecule has 0 aromatic heterocycles. The van der Waals surface area contributed by atoms with Gasteiger partial charge in [-0.1, -0.05) is 24.3 Å². The number of aliphatic imine (C=N–C) groups is 1. The van der Waals surface area contributed by atoms with E-state index in [-0.39, 0.29) is 24.6 Å². The van der Waals surface area contributed by atoms with Crippen molar-refractivity contribution in [3.63, 3.8) is 0 Å². The van der Waals surface area contributed by atoms with E-state index >= 15 is 0 Å². The number of halogens is 3. The summed E-state index contributed by atoms with van der Waals surface area (Å²) in [6.07, 6.45) is -4.81. The molecule has 14 heteroatoms. The first-order chi connectivity index (χ1) is 18.8. The van der Waals surface area contributed by atoms with Crippen LogP contribution < -0.4 is 10.1 Å². The third kappa shape index (κ3) is 7.94. The van der Waals surface area contributed by atoms with Crippen LogP contribution in [-0.2, 0) is 27.4 Å². The maximum Gasteiger partial charge on any atom is 0.417 e. The van der Waals surface area contributed by atoms with Crippen LogP contribution in [0.25, 0.3) is 0 Å². The highest BCUT2D eigenvalue weighted by Gasteiger charge is 2.37. The molecule has 0 saturated carbocycles. The van der Waals surface area contributed by atoms with Gasteiger partial charge in [-0.05, 0) is 43.1 Å². The van der Waals surface area contributed by atoms with Gasteiger partial charge in [-0.2, -0.15) is 13.2 Å². The molecule has 2 aromatic rings. The van der Waals surface area contributed by atoms with E-state index in [2.05, 4.69) is 10.3 Å². The minimum Gasteiger partial charge on any atom is -0.497 e. The minimum atomic E-state index is -4.86. The highest BCUT2D eigenvalue weighted by Crippen LogP contribution is 2.36. The Balaban J connectivity index is 1.43. The third-order valence-electron chi connectivity index (χ3n) is 6.24. The van der Waals surface area contributed by atoms with Crippen LogP contribution in [0.5, 0.6) is 5.75 Å². The molecule has 2 amide bonds. The number of unbranched alkanes of at least 4 members (excludes halogenated alkanes) is 1. The number of nitrogens with zero attached hydrogens (tertiary/aromatic N) is 3. The van der Waals surface area contributed by atoms with Crippen LogP contribution in [0.2, 0.25) is 0 Å². The molecule has 10 nitrogen and oxygen atoms in total. The SMILES string of the molecule is COc1ccc(S(=O)(=O)CNCCCCC(=O)N(C)Cc2ccc(C3=NCCN3C(=O)O)cc2)c(C(F)(F)F)c1.